The zero-order chi connectivity index (χ0) is 13.2. The van der Waals surface area contributed by atoms with Gasteiger partial charge in [0.25, 0.3) is 0 Å². The lowest BCUT2D eigenvalue weighted by Crippen LogP contribution is -2.15. The van der Waals surface area contributed by atoms with Gasteiger partial charge in [-0.3, -0.25) is 0 Å². The monoisotopic (exact) mass is 275 g/mol. The molecule has 0 amide bonds. The van der Waals surface area contributed by atoms with Gasteiger partial charge in [0.05, 0.1) is 0 Å². The van der Waals surface area contributed by atoms with Crippen molar-refractivity contribution in [3.05, 3.63) is 58.9 Å². The van der Waals surface area contributed by atoms with Crippen LogP contribution in [0.5, 0.6) is 0 Å². The molecule has 0 bridgehead atoms. The molecule has 1 aliphatic rings. The first-order valence-corrected chi connectivity index (χ1v) is 6.88. The highest BCUT2D eigenvalue weighted by Crippen LogP contribution is 2.29. The van der Waals surface area contributed by atoms with E-state index < -0.39 is 0 Å². The second kappa shape index (κ2) is 5.32. The van der Waals surface area contributed by atoms with E-state index in [2.05, 4.69) is 11.4 Å². The minimum absolute atomic E-state index is 0.231. The highest BCUT2D eigenvalue weighted by molar-refractivity contribution is 6.33. The Labute approximate surface area is 117 Å². The third-order valence-electron chi connectivity index (χ3n) is 3.36. The normalized spacial score (nSPS) is 14.6. The van der Waals surface area contributed by atoms with Crippen LogP contribution in [0.1, 0.15) is 18.4 Å². The van der Waals surface area contributed by atoms with Crippen LogP contribution in [0, 0.1) is 5.82 Å². The quantitative estimate of drug-likeness (QED) is 0.872. The van der Waals surface area contributed by atoms with Crippen LogP contribution in [0.15, 0.2) is 42.5 Å². The van der Waals surface area contributed by atoms with Crippen LogP contribution in [0.4, 0.5) is 4.39 Å². The summed E-state index contributed by atoms with van der Waals surface area (Å²) >= 11 is 6.31. The fourth-order valence-corrected chi connectivity index (χ4v) is 2.39. The number of hydrogen-bond donors (Lipinski definition) is 1. The minimum Gasteiger partial charge on any atom is -0.310 e. The van der Waals surface area contributed by atoms with Gasteiger partial charge in [-0.05, 0) is 42.2 Å². The Hall–Kier alpha value is -1.38. The van der Waals surface area contributed by atoms with E-state index in [1.807, 2.05) is 12.1 Å². The van der Waals surface area contributed by atoms with Crippen molar-refractivity contribution in [1.29, 1.82) is 0 Å². The molecule has 98 valence electrons. The molecule has 0 saturated heterocycles. The van der Waals surface area contributed by atoms with Gasteiger partial charge in [-0.1, -0.05) is 35.9 Å². The van der Waals surface area contributed by atoms with Gasteiger partial charge in [-0.2, -0.15) is 0 Å². The zero-order valence-electron chi connectivity index (χ0n) is 10.5. The first-order chi connectivity index (χ1) is 9.22. The van der Waals surface area contributed by atoms with Gasteiger partial charge < -0.3 is 5.32 Å². The number of benzene rings is 2. The van der Waals surface area contributed by atoms with E-state index >= 15 is 0 Å². The van der Waals surface area contributed by atoms with Crippen molar-refractivity contribution in [2.75, 3.05) is 0 Å². The molecule has 2 aromatic rings. The largest absolute Gasteiger partial charge is 0.310 e. The summed E-state index contributed by atoms with van der Waals surface area (Å²) in [6, 6.07) is 13.1. The third kappa shape index (κ3) is 3.14. The smallest absolute Gasteiger partial charge is 0.123 e. The molecule has 19 heavy (non-hydrogen) atoms. The fourth-order valence-electron chi connectivity index (χ4n) is 2.08. The highest BCUT2D eigenvalue weighted by Gasteiger charge is 2.20. The summed E-state index contributed by atoms with van der Waals surface area (Å²) < 4.78 is 12.9. The summed E-state index contributed by atoms with van der Waals surface area (Å²) in [6.07, 6.45) is 2.56. The van der Waals surface area contributed by atoms with Crippen LogP contribution in [0.2, 0.25) is 5.02 Å². The molecule has 3 rings (SSSR count). The van der Waals surface area contributed by atoms with Crippen molar-refractivity contribution in [3.63, 3.8) is 0 Å². The molecule has 0 aliphatic heterocycles. The SMILES string of the molecule is Fc1ccc(-c2ccc(CNC3CC3)cc2Cl)cc1. The molecule has 1 saturated carbocycles. The molecular formula is C16H15ClFN. The molecule has 0 aromatic heterocycles. The van der Waals surface area contributed by atoms with E-state index in [1.54, 1.807) is 12.1 Å². The zero-order valence-corrected chi connectivity index (χ0v) is 11.3. The van der Waals surface area contributed by atoms with Crippen molar-refractivity contribution >= 4 is 11.6 Å². The molecule has 0 radical (unpaired) electrons. The maximum absolute atomic E-state index is 12.9. The van der Waals surface area contributed by atoms with E-state index in [0.29, 0.717) is 11.1 Å². The maximum Gasteiger partial charge on any atom is 0.123 e. The summed E-state index contributed by atoms with van der Waals surface area (Å²) in [4.78, 5) is 0. The Morgan fingerprint density at radius 2 is 1.84 bits per heavy atom. The average molecular weight is 276 g/mol. The Morgan fingerprint density at radius 1 is 1.11 bits per heavy atom. The summed E-state index contributed by atoms with van der Waals surface area (Å²) in [6.45, 7) is 0.855. The van der Waals surface area contributed by atoms with E-state index in [9.17, 15) is 4.39 Å². The molecule has 0 spiro atoms. The van der Waals surface area contributed by atoms with Crippen molar-refractivity contribution in [2.45, 2.75) is 25.4 Å². The second-order valence-electron chi connectivity index (χ2n) is 4.98. The van der Waals surface area contributed by atoms with E-state index in [-0.39, 0.29) is 5.82 Å². The molecule has 0 atom stereocenters. The lowest BCUT2D eigenvalue weighted by molar-refractivity contribution is 0.628. The summed E-state index contributed by atoms with van der Waals surface area (Å²) in [5.41, 5.74) is 3.06. The predicted molar refractivity (Wildman–Crippen MR) is 76.7 cm³/mol. The van der Waals surface area contributed by atoms with Crippen LogP contribution in [0.25, 0.3) is 11.1 Å². The summed E-state index contributed by atoms with van der Waals surface area (Å²) in [5.74, 6) is -0.231. The van der Waals surface area contributed by atoms with Gasteiger partial charge in [-0.25, -0.2) is 4.39 Å². The van der Waals surface area contributed by atoms with Crippen LogP contribution in [0.3, 0.4) is 0 Å². The Kier molecular flexibility index (Phi) is 3.54. The Balaban J connectivity index is 1.80. The van der Waals surface area contributed by atoms with Gasteiger partial charge in [0, 0.05) is 23.2 Å². The molecular weight excluding hydrogens is 261 g/mol. The van der Waals surface area contributed by atoms with Crippen LogP contribution < -0.4 is 5.32 Å². The van der Waals surface area contributed by atoms with Crippen LogP contribution in [-0.2, 0) is 6.54 Å². The summed E-state index contributed by atoms with van der Waals surface area (Å²) in [7, 11) is 0. The standard InChI is InChI=1S/C16H15ClFN/c17-16-9-11(10-19-14-6-7-14)1-8-15(16)12-2-4-13(18)5-3-12/h1-5,8-9,14,19H,6-7,10H2. The number of rotatable bonds is 4. The van der Waals surface area contributed by atoms with Crippen molar-refractivity contribution in [2.24, 2.45) is 0 Å². The van der Waals surface area contributed by atoms with E-state index in [1.165, 1.54) is 30.5 Å². The van der Waals surface area contributed by atoms with E-state index in [4.69, 9.17) is 11.6 Å². The molecule has 0 unspecified atom stereocenters. The lowest BCUT2D eigenvalue weighted by atomic mass is 10.0. The minimum atomic E-state index is -0.231. The first kappa shape index (κ1) is 12.6. The van der Waals surface area contributed by atoms with Crippen molar-refractivity contribution in [3.8, 4) is 11.1 Å². The molecule has 1 nitrogen and oxygen atoms in total. The third-order valence-corrected chi connectivity index (χ3v) is 3.67. The van der Waals surface area contributed by atoms with Crippen LogP contribution in [-0.4, -0.2) is 6.04 Å². The number of halogens is 2. The first-order valence-electron chi connectivity index (χ1n) is 6.50. The molecule has 1 aliphatic carbocycles. The molecule has 0 heterocycles. The average Bonchev–Trinajstić information content (AvgIpc) is 3.22. The van der Waals surface area contributed by atoms with Crippen molar-refractivity contribution in [1.82, 2.24) is 5.32 Å². The van der Waals surface area contributed by atoms with Gasteiger partial charge in [0.1, 0.15) is 5.82 Å². The Morgan fingerprint density at radius 3 is 2.47 bits per heavy atom. The number of hydrogen-bond acceptors (Lipinski definition) is 1. The molecule has 3 heteroatoms. The fraction of sp³-hybridized carbons (Fsp3) is 0.250. The number of nitrogens with one attached hydrogen (secondary N) is 1. The highest BCUT2D eigenvalue weighted by atomic mass is 35.5. The van der Waals surface area contributed by atoms with Crippen LogP contribution >= 0.6 is 11.6 Å². The van der Waals surface area contributed by atoms with Gasteiger partial charge in [-0.15, -0.1) is 0 Å². The van der Waals surface area contributed by atoms with Gasteiger partial charge in [0.2, 0.25) is 0 Å². The van der Waals surface area contributed by atoms with Crippen molar-refractivity contribution < 1.29 is 4.39 Å². The second-order valence-corrected chi connectivity index (χ2v) is 5.38. The van der Waals surface area contributed by atoms with Gasteiger partial charge in [0.15, 0.2) is 0 Å². The maximum atomic E-state index is 12.9. The predicted octanol–water partition coefficient (Wildman–Crippen LogP) is 4.40. The molecule has 1 fully saturated rings. The molecule has 1 N–H and O–H groups in total. The van der Waals surface area contributed by atoms with Gasteiger partial charge >= 0.3 is 0 Å². The lowest BCUT2D eigenvalue weighted by Gasteiger charge is -2.08. The topological polar surface area (TPSA) is 12.0 Å². The Bertz CT molecular complexity index is 576. The molecule has 2 aromatic carbocycles. The van der Waals surface area contributed by atoms with E-state index in [0.717, 1.165) is 17.7 Å². The summed E-state index contributed by atoms with van der Waals surface area (Å²) in [5, 5.41) is 4.17.